The molecule has 2 heterocycles. The van der Waals surface area contributed by atoms with Crippen LogP contribution in [0.3, 0.4) is 0 Å². The summed E-state index contributed by atoms with van der Waals surface area (Å²) in [4.78, 5) is 16.2. The van der Waals surface area contributed by atoms with E-state index in [0.717, 1.165) is 37.7 Å². The van der Waals surface area contributed by atoms with Crippen molar-refractivity contribution in [2.45, 2.75) is 121 Å². The highest BCUT2D eigenvalue weighted by molar-refractivity contribution is 7.89. The lowest BCUT2D eigenvalue weighted by atomic mass is 9.72. The largest absolute Gasteiger partial charge is 0.356 e. The first-order chi connectivity index (χ1) is 21.6. The number of rotatable bonds is 12. The third-order valence-corrected chi connectivity index (χ3v) is 13.6. The minimum atomic E-state index is -3.69. The minimum Gasteiger partial charge on any atom is -0.356 e. The number of aryl methyl sites for hydroxylation is 3. The van der Waals surface area contributed by atoms with Crippen molar-refractivity contribution in [3.8, 4) is 0 Å². The molecule has 0 bridgehead atoms. The van der Waals surface area contributed by atoms with Crippen LogP contribution in [-0.2, 0) is 21.2 Å². The zero-order valence-electron chi connectivity index (χ0n) is 27.7. The quantitative estimate of drug-likeness (QED) is 0.255. The second-order valence-corrected chi connectivity index (χ2v) is 16.5. The van der Waals surface area contributed by atoms with Gasteiger partial charge in [-0.1, -0.05) is 55.3 Å². The smallest absolute Gasteiger partial charge is 0.243 e. The molecule has 6 nitrogen and oxygen atoms in total. The van der Waals surface area contributed by atoms with Crippen molar-refractivity contribution in [3.63, 3.8) is 0 Å². The molecule has 5 rings (SSSR count). The van der Waals surface area contributed by atoms with E-state index in [1.165, 1.54) is 63.6 Å². The van der Waals surface area contributed by atoms with E-state index in [4.69, 9.17) is 11.6 Å². The maximum atomic E-state index is 13.8. The summed E-state index contributed by atoms with van der Waals surface area (Å²) in [6.45, 7) is 9.35. The lowest BCUT2D eigenvalue weighted by molar-refractivity contribution is -0.122. The number of carbonyl (C=O) groups excluding carboxylic acids is 1. The van der Waals surface area contributed by atoms with E-state index in [-0.39, 0.29) is 17.9 Å². The summed E-state index contributed by atoms with van der Waals surface area (Å²) in [5.74, 6) is 0.628. The molecule has 1 aliphatic carbocycles. The summed E-state index contributed by atoms with van der Waals surface area (Å²) in [6.07, 6.45) is 14.0. The summed E-state index contributed by atoms with van der Waals surface area (Å²) in [5, 5.41) is 3.78. The molecule has 2 aromatic carbocycles. The predicted molar refractivity (Wildman–Crippen MR) is 184 cm³/mol. The highest BCUT2D eigenvalue weighted by Crippen LogP contribution is 2.42. The third-order valence-electron chi connectivity index (χ3n) is 11.1. The van der Waals surface area contributed by atoms with Gasteiger partial charge >= 0.3 is 0 Å². The van der Waals surface area contributed by atoms with Gasteiger partial charge in [0, 0.05) is 36.1 Å². The molecule has 3 fully saturated rings. The van der Waals surface area contributed by atoms with Crippen LogP contribution in [0.1, 0.15) is 101 Å². The molecule has 2 aliphatic heterocycles. The van der Waals surface area contributed by atoms with Crippen LogP contribution in [0.5, 0.6) is 0 Å². The van der Waals surface area contributed by atoms with Crippen LogP contribution < -0.4 is 5.32 Å². The monoisotopic (exact) mass is 655 g/mol. The number of nitrogens with one attached hydrogen (secondary N) is 1. The Morgan fingerprint density at radius 2 is 1.67 bits per heavy atom. The molecule has 2 atom stereocenters. The molecular weight excluding hydrogens is 602 g/mol. The predicted octanol–water partition coefficient (Wildman–Crippen LogP) is 7.69. The standard InChI is InChI=1S/C37H54ClN3O3S/c1-28-26-35(30(3)25-33(28)38)45(43,44)41-24-8-7-13-34(41)29(2)27-36(42)39-21-17-32-15-19-37(20-16-32,40-22-9-10-23-40)18-14-31-11-5-4-6-12-31/h4-6,11-12,25-26,29,32,34H,7-10,13-24,27H2,1-3H3,(H,39,42). The van der Waals surface area contributed by atoms with Gasteiger partial charge in [-0.05, 0) is 138 Å². The van der Waals surface area contributed by atoms with Gasteiger partial charge in [-0.2, -0.15) is 4.31 Å². The van der Waals surface area contributed by atoms with Gasteiger partial charge < -0.3 is 5.32 Å². The molecular formula is C37H54ClN3O3S. The molecule has 2 saturated heterocycles. The fourth-order valence-corrected chi connectivity index (χ4v) is 10.6. The van der Waals surface area contributed by atoms with Crippen molar-refractivity contribution in [2.75, 3.05) is 26.2 Å². The fraction of sp³-hybridized carbons (Fsp3) is 0.649. The second kappa shape index (κ2) is 15.3. The number of piperidine rings is 1. The molecule has 0 radical (unpaired) electrons. The maximum absolute atomic E-state index is 13.8. The van der Waals surface area contributed by atoms with Crippen LogP contribution in [0, 0.1) is 25.7 Å². The van der Waals surface area contributed by atoms with Gasteiger partial charge in [-0.25, -0.2) is 8.42 Å². The first-order valence-corrected chi connectivity index (χ1v) is 19.3. The van der Waals surface area contributed by atoms with Gasteiger partial charge in [0.25, 0.3) is 0 Å². The highest BCUT2D eigenvalue weighted by atomic mass is 35.5. The van der Waals surface area contributed by atoms with E-state index in [1.54, 1.807) is 23.4 Å². The van der Waals surface area contributed by atoms with Gasteiger partial charge in [-0.15, -0.1) is 0 Å². The maximum Gasteiger partial charge on any atom is 0.243 e. The minimum absolute atomic E-state index is 0.0361. The molecule has 1 saturated carbocycles. The number of benzene rings is 2. The molecule has 0 spiro atoms. The van der Waals surface area contributed by atoms with Crippen LogP contribution in [0.4, 0.5) is 0 Å². The van der Waals surface area contributed by atoms with E-state index in [0.29, 0.717) is 46.4 Å². The lowest BCUT2D eigenvalue weighted by Crippen LogP contribution is -2.50. The summed E-state index contributed by atoms with van der Waals surface area (Å²) >= 11 is 6.27. The van der Waals surface area contributed by atoms with Gasteiger partial charge in [0.15, 0.2) is 0 Å². The van der Waals surface area contributed by atoms with Crippen molar-refractivity contribution in [3.05, 3.63) is 64.2 Å². The number of halogens is 1. The molecule has 3 aliphatic rings. The number of hydrogen-bond donors (Lipinski definition) is 1. The van der Waals surface area contributed by atoms with Gasteiger partial charge in [0.2, 0.25) is 15.9 Å². The summed E-state index contributed by atoms with van der Waals surface area (Å²) in [7, 11) is -3.69. The molecule has 45 heavy (non-hydrogen) atoms. The SMILES string of the molecule is Cc1cc(S(=O)(=O)N2CCCCC2C(C)CC(=O)NCCC2CCC(CCc3ccccc3)(N3CCCC3)CC2)c(C)cc1Cl. The van der Waals surface area contributed by atoms with Crippen LogP contribution in [-0.4, -0.2) is 61.3 Å². The number of sulfonamides is 1. The Morgan fingerprint density at radius 3 is 2.38 bits per heavy atom. The fourth-order valence-electron chi connectivity index (χ4n) is 8.31. The topological polar surface area (TPSA) is 69.7 Å². The van der Waals surface area contributed by atoms with Crippen LogP contribution in [0.25, 0.3) is 0 Å². The van der Waals surface area contributed by atoms with Gasteiger partial charge in [0.05, 0.1) is 4.90 Å². The lowest BCUT2D eigenvalue weighted by Gasteiger charge is -2.47. The van der Waals surface area contributed by atoms with Crippen molar-refractivity contribution in [2.24, 2.45) is 11.8 Å². The first kappa shape index (κ1) is 34.4. The Balaban J connectivity index is 1.11. The van der Waals surface area contributed by atoms with Crippen molar-refractivity contribution in [1.29, 1.82) is 0 Å². The van der Waals surface area contributed by atoms with Crippen LogP contribution in [0.15, 0.2) is 47.4 Å². The van der Waals surface area contributed by atoms with Crippen molar-refractivity contribution in [1.82, 2.24) is 14.5 Å². The number of nitrogens with zero attached hydrogens (tertiary/aromatic N) is 2. The molecule has 248 valence electrons. The second-order valence-electron chi connectivity index (χ2n) is 14.2. The molecule has 8 heteroatoms. The Labute approximate surface area is 277 Å². The zero-order chi connectivity index (χ0) is 32.0. The van der Waals surface area contributed by atoms with Gasteiger partial charge in [-0.3, -0.25) is 9.69 Å². The molecule has 2 aromatic rings. The van der Waals surface area contributed by atoms with E-state index in [2.05, 4.69) is 40.5 Å². The average Bonchev–Trinajstić information content (AvgIpc) is 3.59. The molecule has 2 unspecified atom stereocenters. The molecule has 1 amide bonds. The average molecular weight is 656 g/mol. The summed E-state index contributed by atoms with van der Waals surface area (Å²) in [6, 6.07) is 14.2. The number of carbonyl (C=O) groups is 1. The van der Waals surface area contributed by atoms with E-state index in [9.17, 15) is 13.2 Å². The Kier molecular flexibility index (Phi) is 11.7. The summed E-state index contributed by atoms with van der Waals surface area (Å²) < 4.78 is 29.3. The van der Waals surface area contributed by atoms with E-state index in [1.807, 2.05) is 13.8 Å². The van der Waals surface area contributed by atoms with Gasteiger partial charge in [0.1, 0.15) is 0 Å². The Morgan fingerprint density at radius 1 is 0.978 bits per heavy atom. The number of amides is 1. The zero-order valence-corrected chi connectivity index (χ0v) is 29.3. The van der Waals surface area contributed by atoms with Crippen LogP contribution >= 0.6 is 11.6 Å². The third kappa shape index (κ3) is 8.33. The van der Waals surface area contributed by atoms with E-state index < -0.39 is 10.0 Å². The molecule has 0 aromatic heterocycles. The first-order valence-electron chi connectivity index (χ1n) is 17.4. The Bertz CT molecular complexity index is 1390. The number of likely N-dealkylation sites (tertiary alicyclic amines) is 1. The normalized spacial score (nSPS) is 25.7. The van der Waals surface area contributed by atoms with Crippen molar-refractivity contribution >= 4 is 27.5 Å². The Hall–Kier alpha value is -1.93. The van der Waals surface area contributed by atoms with Crippen molar-refractivity contribution < 1.29 is 13.2 Å². The summed E-state index contributed by atoms with van der Waals surface area (Å²) in [5.41, 5.74) is 3.20. The van der Waals surface area contributed by atoms with E-state index >= 15 is 0 Å². The highest BCUT2D eigenvalue weighted by Gasteiger charge is 2.41. The molecule has 1 N–H and O–H groups in total. The van der Waals surface area contributed by atoms with Crippen LogP contribution in [0.2, 0.25) is 5.02 Å². The number of hydrogen-bond acceptors (Lipinski definition) is 4.